The van der Waals surface area contributed by atoms with Crippen molar-refractivity contribution in [3.8, 4) is 0 Å². The van der Waals surface area contributed by atoms with Crippen LogP contribution in [0.2, 0.25) is 0 Å². The summed E-state index contributed by atoms with van der Waals surface area (Å²) in [6.45, 7) is 5.05. The molecule has 1 heterocycles. The quantitative estimate of drug-likeness (QED) is 0.591. The van der Waals surface area contributed by atoms with Crippen LogP contribution in [0.25, 0.3) is 0 Å². The Labute approximate surface area is 95.0 Å². The average Bonchev–Trinajstić information content (AvgIpc) is 2.27. The standard InChI is InChI=1S/C11H17N3O2/c1-3-5-13-9(2)7-10-4-6-12-8-11(10)14(15)16/h4,6,8-9,13H,3,5,7H2,1-2H3. The van der Waals surface area contributed by atoms with E-state index in [0.29, 0.717) is 6.42 Å². The molecule has 1 aromatic heterocycles. The molecule has 0 saturated heterocycles. The Morgan fingerprint density at radius 3 is 3.00 bits per heavy atom. The molecule has 0 bridgehead atoms. The van der Waals surface area contributed by atoms with Gasteiger partial charge in [-0.3, -0.25) is 15.1 Å². The zero-order valence-electron chi connectivity index (χ0n) is 9.64. The van der Waals surface area contributed by atoms with Crippen LogP contribution >= 0.6 is 0 Å². The lowest BCUT2D eigenvalue weighted by molar-refractivity contribution is -0.385. The van der Waals surface area contributed by atoms with Gasteiger partial charge in [-0.1, -0.05) is 6.92 Å². The molecule has 0 aliphatic rings. The Kier molecular flexibility index (Phi) is 4.85. The molecule has 1 N–H and O–H groups in total. The summed E-state index contributed by atoms with van der Waals surface area (Å²) in [5.41, 5.74) is 0.837. The maximum atomic E-state index is 10.8. The monoisotopic (exact) mass is 223 g/mol. The van der Waals surface area contributed by atoms with Crippen LogP contribution in [0, 0.1) is 10.1 Å². The van der Waals surface area contributed by atoms with Crippen molar-refractivity contribution in [3.63, 3.8) is 0 Å². The highest BCUT2D eigenvalue weighted by Crippen LogP contribution is 2.17. The summed E-state index contributed by atoms with van der Waals surface area (Å²) >= 11 is 0. The molecule has 0 aromatic carbocycles. The largest absolute Gasteiger partial charge is 0.314 e. The van der Waals surface area contributed by atoms with Gasteiger partial charge in [-0.15, -0.1) is 0 Å². The van der Waals surface area contributed by atoms with E-state index in [0.717, 1.165) is 18.5 Å². The number of hydrogen-bond acceptors (Lipinski definition) is 4. The van der Waals surface area contributed by atoms with E-state index in [-0.39, 0.29) is 16.7 Å². The number of rotatable bonds is 6. The van der Waals surface area contributed by atoms with Crippen LogP contribution < -0.4 is 5.32 Å². The van der Waals surface area contributed by atoms with Crippen molar-refractivity contribution in [2.24, 2.45) is 0 Å². The molecule has 1 rings (SSSR count). The van der Waals surface area contributed by atoms with E-state index < -0.39 is 0 Å². The van der Waals surface area contributed by atoms with Crippen molar-refractivity contribution in [2.75, 3.05) is 6.54 Å². The summed E-state index contributed by atoms with van der Waals surface area (Å²) in [5, 5.41) is 14.1. The van der Waals surface area contributed by atoms with E-state index in [1.54, 1.807) is 12.3 Å². The summed E-state index contributed by atoms with van der Waals surface area (Å²) in [5.74, 6) is 0. The third-order valence-electron chi connectivity index (χ3n) is 2.35. The smallest absolute Gasteiger partial charge is 0.290 e. The summed E-state index contributed by atoms with van der Waals surface area (Å²) < 4.78 is 0. The molecule has 1 aromatic rings. The second-order valence-electron chi connectivity index (χ2n) is 3.82. The predicted octanol–water partition coefficient (Wildman–Crippen LogP) is 1.92. The second-order valence-corrected chi connectivity index (χ2v) is 3.82. The fourth-order valence-corrected chi connectivity index (χ4v) is 1.54. The molecule has 0 saturated carbocycles. The summed E-state index contributed by atoms with van der Waals surface area (Å²) in [4.78, 5) is 14.2. The summed E-state index contributed by atoms with van der Waals surface area (Å²) in [6.07, 6.45) is 4.61. The van der Waals surface area contributed by atoms with E-state index in [9.17, 15) is 10.1 Å². The van der Waals surface area contributed by atoms with Crippen LogP contribution in [0.3, 0.4) is 0 Å². The first kappa shape index (κ1) is 12.6. The minimum absolute atomic E-state index is 0.104. The fraction of sp³-hybridized carbons (Fsp3) is 0.545. The van der Waals surface area contributed by atoms with Gasteiger partial charge in [0, 0.05) is 17.8 Å². The number of hydrogen-bond donors (Lipinski definition) is 1. The van der Waals surface area contributed by atoms with E-state index in [2.05, 4.69) is 17.2 Å². The Bertz CT molecular complexity index is 355. The van der Waals surface area contributed by atoms with E-state index in [4.69, 9.17) is 0 Å². The van der Waals surface area contributed by atoms with Crippen molar-refractivity contribution in [1.82, 2.24) is 10.3 Å². The summed E-state index contributed by atoms with van der Waals surface area (Å²) in [7, 11) is 0. The molecule has 0 fully saturated rings. The lowest BCUT2D eigenvalue weighted by Gasteiger charge is -2.12. The van der Waals surface area contributed by atoms with Gasteiger partial charge in [-0.2, -0.15) is 0 Å². The number of nitrogens with zero attached hydrogens (tertiary/aromatic N) is 2. The number of nitrogens with one attached hydrogen (secondary N) is 1. The molecular formula is C11H17N3O2. The predicted molar refractivity (Wildman–Crippen MR) is 62.4 cm³/mol. The molecular weight excluding hydrogens is 206 g/mol. The van der Waals surface area contributed by atoms with Gasteiger partial charge in [-0.05, 0) is 32.4 Å². The Balaban J connectivity index is 2.69. The van der Waals surface area contributed by atoms with Crippen molar-refractivity contribution in [1.29, 1.82) is 0 Å². The molecule has 0 aliphatic heterocycles. The highest BCUT2D eigenvalue weighted by Gasteiger charge is 2.15. The van der Waals surface area contributed by atoms with Gasteiger partial charge in [0.05, 0.1) is 4.92 Å². The fourth-order valence-electron chi connectivity index (χ4n) is 1.54. The van der Waals surface area contributed by atoms with Gasteiger partial charge in [0.15, 0.2) is 0 Å². The van der Waals surface area contributed by atoms with Gasteiger partial charge >= 0.3 is 0 Å². The normalized spacial score (nSPS) is 12.4. The molecule has 5 heteroatoms. The van der Waals surface area contributed by atoms with Gasteiger partial charge in [0.25, 0.3) is 5.69 Å². The number of aromatic nitrogens is 1. The minimum atomic E-state index is -0.380. The van der Waals surface area contributed by atoms with Crippen LogP contribution in [0.15, 0.2) is 18.5 Å². The first-order valence-electron chi connectivity index (χ1n) is 5.45. The van der Waals surface area contributed by atoms with Crippen LogP contribution in [0.4, 0.5) is 5.69 Å². The highest BCUT2D eigenvalue weighted by molar-refractivity contribution is 5.37. The molecule has 0 amide bonds. The topological polar surface area (TPSA) is 68.1 Å². The first-order valence-corrected chi connectivity index (χ1v) is 5.45. The van der Waals surface area contributed by atoms with Gasteiger partial charge in [-0.25, -0.2) is 0 Å². The van der Waals surface area contributed by atoms with E-state index >= 15 is 0 Å². The average molecular weight is 223 g/mol. The second kappa shape index (κ2) is 6.17. The Morgan fingerprint density at radius 2 is 2.38 bits per heavy atom. The third-order valence-corrected chi connectivity index (χ3v) is 2.35. The maximum Gasteiger partial charge on any atom is 0.290 e. The molecule has 88 valence electrons. The highest BCUT2D eigenvalue weighted by atomic mass is 16.6. The first-order chi connectivity index (χ1) is 7.65. The van der Waals surface area contributed by atoms with Crippen molar-refractivity contribution >= 4 is 5.69 Å². The Hall–Kier alpha value is -1.49. The minimum Gasteiger partial charge on any atom is -0.314 e. The number of pyridine rings is 1. The van der Waals surface area contributed by atoms with Crippen molar-refractivity contribution in [2.45, 2.75) is 32.7 Å². The van der Waals surface area contributed by atoms with Gasteiger partial charge in [0.1, 0.15) is 6.20 Å². The van der Waals surface area contributed by atoms with Crippen molar-refractivity contribution < 1.29 is 4.92 Å². The van der Waals surface area contributed by atoms with Crippen LogP contribution in [-0.4, -0.2) is 22.5 Å². The molecule has 1 atom stereocenters. The zero-order valence-corrected chi connectivity index (χ0v) is 9.64. The molecule has 0 aliphatic carbocycles. The van der Waals surface area contributed by atoms with Crippen LogP contribution in [-0.2, 0) is 6.42 Å². The van der Waals surface area contributed by atoms with Crippen molar-refractivity contribution in [3.05, 3.63) is 34.1 Å². The van der Waals surface area contributed by atoms with Crippen LogP contribution in [0.1, 0.15) is 25.8 Å². The molecule has 1 unspecified atom stereocenters. The third kappa shape index (κ3) is 3.58. The molecule has 5 nitrogen and oxygen atoms in total. The van der Waals surface area contributed by atoms with E-state index in [1.165, 1.54) is 6.20 Å². The Morgan fingerprint density at radius 1 is 1.62 bits per heavy atom. The van der Waals surface area contributed by atoms with Gasteiger partial charge in [0.2, 0.25) is 0 Å². The lowest BCUT2D eigenvalue weighted by atomic mass is 10.1. The summed E-state index contributed by atoms with van der Waals surface area (Å²) in [6, 6.07) is 1.95. The molecule has 16 heavy (non-hydrogen) atoms. The lowest BCUT2D eigenvalue weighted by Crippen LogP contribution is -2.28. The van der Waals surface area contributed by atoms with Crippen LogP contribution in [0.5, 0.6) is 0 Å². The van der Waals surface area contributed by atoms with E-state index in [1.807, 2.05) is 6.92 Å². The SMILES string of the molecule is CCCNC(C)Cc1ccncc1[N+](=O)[O-]. The number of nitro groups is 1. The van der Waals surface area contributed by atoms with Gasteiger partial charge < -0.3 is 5.32 Å². The molecule has 0 radical (unpaired) electrons. The zero-order chi connectivity index (χ0) is 12.0. The maximum absolute atomic E-state index is 10.8. The molecule has 0 spiro atoms.